The fourth-order valence-corrected chi connectivity index (χ4v) is 1.21. The van der Waals surface area contributed by atoms with Crippen LogP contribution >= 0.6 is 0 Å². The zero-order chi connectivity index (χ0) is 11.4. The Labute approximate surface area is 93.3 Å². The van der Waals surface area contributed by atoms with Crippen LogP contribution < -0.4 is 4.74 Å². The van der Waals surface area contributed by atoms with Crippen molar-refractivity contribution in [2.75, 3.05) is 6.61 Å². The van der Waals surface area contributed by atoms with Gasteiger partial charge in [0.15, 0.2) is 0 Å². The van der Waals surface area contributed by atoms with Gasteiger partial charge in [-0.15, -0.1) is 5.10 Å². The van der Waals surface area contributed by atoms with E-state index in [4.69, 9.17) is 9.84 Å². The first-order valence-electron chi connectivity index (χ1n) is 5.03. The summed E-state index contributed by atoms with van der Waals surface area (Å²) >= 11 is 0. The van der Waals surface area contributed by atoms with Crippen LogP contribution in [0.3, 0.4) is 0 Å². The number of aliphatic hydroxyl groups excluding tert-OH is 1. The first-order valence-corrected chi connectivity index (χ1v) is 5.03. The fraction of sp³-hybridized carbons (Fsp3) is 0.273. The Morgan fingerprint density at radius 1 is 1.38 bits per heavy atom. The van der Waals surface area contributed by atoms with E-state index in [1.165, 1.54) is 0 Å². The first-order chi connectivity index (χ1) is 7.75. The van der Waals surface area contributed by atoms with E-state index >= 15 is 0 Å². The van der Waals surface area contributed by atoms with Crippen LogP contribution in [0.15, 0.2) is 36.7 Å². The summed E-state index contributed by atoms with van der Waals surface area (Å²) in [6.07, 6.45) is 1.05. The van der Waals surface area contributed by atoms with E-state index in [1.54, 1.807) is 17.9 Å². The second kappa shape index (κ2) is 4.76. The molecule has 1 aromatic heterocycles. The molecule has 1 unspecified atom stereocenters. The molecular weight excluding hydrogens is 206 g/mol. The third-order valence-electron chi connectivity index (χ3n) is 1.95. The smallest absolute Gasteiger partial charge is 0.335 e. The maximum Gasteiger partial charge on any atom is 0.335 e. The van der Waals surface area contributed by atoms with Crippen molar-refractivity contribution in [3.8, 4) is 11.7 Å². The lowest BCUT2D eigenvalue weighted by Crippen LogP contribution is -2.13. The second-order valence-electron chi connectivity index (χ2n) is 3.47. The highest BCUT2D eigenvalue weighted by molar-refractivity contribution is 5.29. The molecule has 0 saturated heterocycles. The van der Waals surface area contributed by atoms with E-state index in [0.29, 0.717) is 0 Å². The van der Waals surface area contributed by atoms with E-state index < -0.39 is 6.10 Å². The Kier molecular flexibility index (Phi) is 3.16. The summed E-state index contributed by atoms with van der Waals surface area (Å²) in [5, 5.41) is 13.2. The van der Waals surface area contributed by atoms with Crippen molar-refractivity contribution in [3.63, 3.8) is 0 Å². The van der Waals surface area contributed by atoms with Gasteiger partial charge in [-0.3, -0.25) is 0 Å². The van der Waals surface area contributed by atoms with E-state index in [2.05, 4.69) is 10.1 Å². The molecule has 0 amide bonds. The fourth-order valence-electron chi connectivity index (χ4n) is 1.21. The Hall–Kier alpha value is -1.88. The number of nitrogens with zero attached hydrogens (tertiary/aromatic N) is 3. The molecule has 84 valence electrons. The number of hydrogen-bond acceptors (Lipinski definition) is 4. The molecule has 1 heterocycles. The Morgan fingerprint density at radius 3 is 2.81 bits per heavy atom. The van der Waals surface area contributed by atoms with Crippen LogP contribution in [0.5, 0.6) is 6.01 Å². The second-order valence-corrected chi connectivity index (χ2v) is 3.47. The molecule has 0 aliphatic rings. The molecule has 5 heteroatoms. The van der Waals surface area contributed by atoms with Gasteiger partial charge in [-0.1, -0.05) is 18.2 Å². The zero-order valence-corrected chi connectivity index (χ0v) is 8.95. The third kappa shape index (κ3) is 2.58. The minimum Gasteiger partial charge on any atom is -0.460 e. The SMILES string of the molecule is CC(O)COc1ncn(-c2ccccc2)n1. The van der Waals surface area contributed by atoms with Gasteiger partial charge in [-0.05, 0) is 19.1 Å². The molecule has 0 bridgehead atoms. The van der Waals surface area contributed by atoms with E-state index in [0.717, 1.165) is 5.69 Å². The van der Waals surface area contributed by atoms with Gasteiger partial charge in [0.25, 0.3) is 0 Å². The van der Waals surface area contributed by atoms with Crippen molar-refractivity contribution >= 4 is 0 Å². The van der Waals surface area contributed by atoms with E-state index in [9.17, 15) is 0 Å². The highest BCUT2D eigenvalue weighted by Crippen LogP contribution is 2.08. The maximum atomic E-state index is 9.05. The summed E-state index contributed by atoms with van der Waals surface area (Å²) in [4.78, 5) is 3.98. The van der Waals surface area contributed by atoms with Crippen molar-refractivity contribution in [3.05, 3.63) is 36.7 Å². The van der Waals surface area contributed by atoms with Gasteiger partial charge in [-0.25, -0.2) is 4.68 Å². The Balaban J connectivity index is 2.08. The van der Waals surface area contributed by atoms with Crippen LogP contribution in [-0.2, 0) is 0 Å². The molecule has 0 aliphatic carbocycles. The average Bonchev–Trinajstić information content (AvgIpc) is 2.76. The highest BCUT2D eigenvalue weighted by Gasteiger charge is 2.04. The van der Waals surface area contributed by atoms with Crippen LogP contribution in [0, 0.1) is 0 Å². The predicted octanol–water partition coefficient (Wildman–Crippen LogP) is 1.03. The van der Waals surface area contributed by atoms with Crippen molar-refractivity contribution in [2.45, 2.75) is 13.0 Å². The molecule has 1 aromatic carbocycles. The minimum atomic E-state index is -0.524. The van der Waals surface area contributed by atoms with Crippen LogP contribution in [0.4, 0.5) is 0 Å². The highest BCUT2D eigenvalue weighted by atomic mass is 16.5. The molecule has 1 N–H and O–H groups in total. The van der Waals surface area contributed by atoms with Crippen LogP contribution in [0.1, 0.15) is 6.92 Å². The molecule has 5 nitrogen and oxygen atoms in total. The molecule has 0 saturated carbocycles. The van der Waals surface area contributed by atoms with Crippen molar-refractivity contribution in [1.82, 2.24) is 14.8 Å². The maximum absolute atomic E-state index is 9.05. The Bertz CT molecular complexity index is 440. The number of para-hydroxylation sites is 1. The van der Waals surface area contributed by atoms with Gasteiger partial charge in [-0.2, -0.15) is 4.98 Å². The van der Waals surface area contributed by atoms with Crippen molar-refractivity contribution in [1.29, 1.82) is 0 Å². The predicted molar refractivity (Wildman–Crippen MR) is 58.5 cm³/mol. The number of hydrogen-bond donors (Lipinski definition) is 1. The molecular formula is C11H13N3O2. The first kappa shape index (κ1) is 10.6. The monoisotopic (exact) mass is 219 g/mol. The summed E-state index contributed by atoms with van der Waals surface area (Å²) < 4.78 is 6.80. The standard InChI is InChI=1S/C11H13N3O2/c1-9(15)7-16-11-12-8-14(13-11)10-5-3-2-4-6-10/h2-6,8-9,15H,7H2,1H3. The minimum absolute atomic E-state index is 0.193. The van der Waals surface area contributed by atoms with Gasteiger partial charge < -0.3 is 9.84 Å². The van der Waals surface area contributed by atoms with Crippen LogP contribution in [0.25, 0.3) is 5.69 Å². The average molecular weight is 219 g/mol. The molecule has 1 atom stereocenters. The normalized spacial score (nSPS) is 12.4. The Morgan fingerprint density at radius 2 is 2.12 bits per heavy atom. The topological polar surface area (TPSA) is 60.2 Å². The molecule has 0 radical (unpaired) electrons. The van der Waals surface area contributed by atoms with Crippen LogP contribution in [-0.4, -0.2) is 32.6 Å². The number of ether oxygens (including phenoxy) is 1. The molecule has 16 heavy (non-hydrogen) atoms. The summed E-state index contributed by atoms with van der Waals surface area (Å²) in [6.45, 7) is 1.84. The van der Waals surface area contributed by atoms with Gasteiger partial charge in [0, 0.05) is 0 Å². The lowest BCUT2D eigenvalue weighted by molar-refractivity contribution is 0.117. The molecule has 0 spiro atoms. The summed E-state index contributed by atoms with van der Waals surface area (Å²) in [5.41, 5.74) is 0.918. The lowest BCUT2D eigenvalue weighted by atomic mass is 10.3. The van der Waals surface area contributed by atoms with Crippen molar-refractivity contribution < 1.29 is 9.84 Å². The number of aliphatic hydroxyl groups is 1. The molecule has 2 rings (SSSR count). The van der Waals surface area contributed by atoms with Gasteiger partial charge >= 0.3 is 6.01 Å². The number of aromatic nitrogens is 3. The van der Waals surface area contributed by atoms with Crippen molar-refractivity contribution in [2.24, 2.45) is 0 Å². The number of rotatable bonds is 4. The molecule has 2 aromatic rings. The molecule has 0 aliphatic heterocycles. The van der Waals surface area contributed by atoms with Crippen LogP contribution in [0.2, 0.25) is 0 Å². The zero-order valence-electron chi connectivity index (χ0n) is 8.95. The quantitative estimate of drug-likeness (QED) is 0.834. The van der Waals surface area contributed by atoms with Gasteiger partial charge in [0.1, 0.15) is 12.9 Å². The summed E-state index contributed by atoms with van der Waals surface area (Å²) in [5.74, 6) is 0. The van der Waals surface area contributed by atoms with E-state index in [-0.39, 0.29) is 12.6 Å². The van der Waals surface area contributed by atoms with Gasteiger partial charge in [0.05, 0.1) is 11.8 Å². The third-order valence-corrected chi connectivity index (χ3v) is 1.95. The molecule has 0 fully saturated rings. The van der Waals surface area contributed by atoms with Gasteiger partial charge in [0.2, 0.25) is 0 Å². The summed E-state index contributed by atoms with van der Waals surface area (Å²) in [7, 11) is 0. The summed E-state index contributed by atoms with van der Waals surface area (Å²) in [6, 6.07) is 9.90. The van der Waals surface area contributed by atoms with E-state index in [1.807, 2.05) is 30.3 Å². The largest absolute Gasteiger partial charge is 0.460 e. The number of benzene rings is 1. The lowest BCUT2D eigenvalue weighted by Gasteiger charge is -2.03.